The van der Waals surface area contributed by atoms with Crippen LogP contribution in [-0.4, -0.2) is 10.1 Å². The summed E-state index contributed by atoms with van der Waals surface area (Å²) >= 11 is 2.95. The van der Waals surface area contributed by atoms with Crippen LogP contribution >= 0.6 is 15.9 Å². The van der Waals surface area contributed by atoms with Gasteiger partial charge in [0.25, 0.3) is 12.0 Å². The molecule has 1 aromatic heterocycles. The SMILES string of the molecule is O=c1[nH]cc(Br)c(CO)c1C(F)F. The van der Waals surface area contributed by atoms with E-state index in [1.807, 2.05) is 0 Å². The highest BCUT2D eigenvalue weighted by molar-refractivity contribution is 9.10. The molecule has 0 aliphatic carbocycles. The minimum atomic E-state index is -2.89. The molecule has 13 heavy (non-hydrogen) atoms. The van der Waals surface area contributed by atoms with Crippen LogP contribution in [0.25, 0.3) is 0 Å². The molecule has 0 saturated carbocycles. The third-order valence-electron chi connectivity index (χ3n) is 1.56. The molecule has 0 amide bonds. The van der Waals surface area contributed by atoms with Gasteiger partial charge in [0.15, 0.2) is 0 Å². The van der Waals surface area contributed by atoms with Crippen LogP contribution in [0.3, 0.4) is 0 Å². The first kappa shape index (κ1) is 10.3. The Morgan fingerprint density at radius 3 is 2.62 bits per heavy atom. The molecule has 0 atom stereocenters. The first-order valence-corrected chi connectivity index (χ1v) is 4.16. The maximum Gasteiger partial charge on any atom is 0.269 e. The fourth-order valence-corrected chi connectivity index (χ4v) is 1.40. The van der Waals surface area contributed by atoms with E-state index in [4.69, 9.17) is 5.11 Å². The normalized spacial score (nSPS) is 10.8. The smallest absolute Gasteiger partial charge is 0.269 e. The molecule has 0 radical (unpaired) electrons. The van der Waals surface area contributed by atoms with Gasteiger partial charge in [0.1, 0.15) is 0 Å². The van der Waals surface area contributed by atoms with E-state index < -0.39 is 24.2 Å². The van der Waals surface area contributed by atoms with Gasteiger partial charge in [-0.1, -0.05) is 0 Å². The van der Waals surface area contributed by atoms with Crippen LogP contribution in [0.5, 0.6) is 0 Å². The van der Waals surface area contributed by atoms with Crippen molar-refractivity contribution in [1.29, 1.82) is 0 Å². The summed E-state index contributed by atoms with van der Waals surface area (Å²) in [6.45, 7) is -0.593. The second-order valence-electron chi connectivity index (χ2n) is 2.32. The number of halogens is 3. The van der Waals surface area contributed by atoms with E-state index >= 15 is 0 Å². The van der Waals surface area contributed by atoms with Gasteiger partial charge in [-0.05, 0) is 15.9 Å². The first-order valence-electron chi connectivity index (χ1n) is 3.37. The first-order chi connectivity index (χ1) is 6.07. The fourth-order valence-electron chi connectivity index (χ4n) is 0.951. The zero-order valence-corrected chi connectivity index (χ0v) is 7.94. The molecule has 0 aliphatic rings. The number of aromatic nitrogens is 1. The molecule has 72 valence electrons. The maximum absolute atomic E-state index is 12.3. The van der Waals surface area contributed by atoms with E-state index in [1.165, 1.54) is 6.20 Å². The van der Waals surface area contributed by atoms with Crippen molar-refractivity contribution in [2.75, 3.05) is 0 Å². The summed E-state index contributed by atoms with van der Waals surface area (Å²) in [5.41, 5.74) is -1.63. The molecule has 0 aromatic carbocycles. The summed E-state index contributed by atoms with van der Waals surface area (Å²) in [4.78, 5) is 13.1. The van der Waals surface area contributed by atoms with Crippen molar-refractivity contribution in [3.8, 4) is 0 Å². The Morgan fingerprint density at radius 1 is 1.62 bits per heavy atom. The Hall–Kier alpha value is -0.750. The molecule has 1 aromatic rings. The molecule has 1 rings (SSSR count). The molecule has 0 aliphatic heterocycles. The highest BCUT2D eigenvalue weighted by atomic mass is 79.9. The molecule has 6 heteroatoms. The van der Waals surface area contributed by atoms with Crippen molar-refractivity contribution in [2.45, 2.75) is 13.0 Å². The van der Waals surface area contributed by atoms with Crippen LogP contribution in [0, 0.1) is 0 Å². The maximum atomic E-state index is 12.3. The predicted octanol–water partition coefficient (Wildman–Crippen LogP) is 1.57. The zero-order valence-electron chi connectivity index (χ0n) is 6.35. The van der Waals surface area contributed by atoms with Gasteiger partial charge in [-0.15, -0.1) is 0 Å². The van der Waals surface area contributed by atoms with E-state index in [0.29, 0.717) is 0 Å². The number of aromatic amines is 1. The van der Waals surface area contributed by atoms with Crippen molar-refractivity contribution >= 4 is 15.9 Å². The third kappa shape index (κ3) is 1.94. The average Bonchev–Trinajstić information content (AvgIpc) is 2.07. The number of alkyl halides is 2. The van der Waals surface area contributed by atoms with Crippen LogP contribution < -0.4 is 5.56 Å². The lowest BCUT2D eigenvalue weighted by atomic mass is 10.1. The summed E-state index contributed by atoms with van der Waals surface area (Å²) < 4.78 is 24.9. The number of rotatable bonds is 2. The van der Waals surface area contributed by atoms with Crippen LogP contribution in [0.15, 0.2) is 15.5 Å². The number of hydrogen-bond donors (Lipinski definition) is 2. The van der Waals surface area contributed by atoms with Gasteiger partial charge in [0.2, 0.25) is 0 Å². The van der Waals surface area contributed by atoms with Gasteiger partial charge >= 0.3 is 0 Å². The largest absolute Gasteiger partial charge is 0.392 e. The van der Waals surface area contributed by atoms with Crippen molar-refractivity contribution in [1.82, 2.24) is 4.98 Å². The van der Waals surface area contributed by atoms with Gasteiger partial charge < -0.3 is 10.1 Å². The fraction of sp³-hybridized carbons (Fsp3) is 0.286. The molecular formula is C7H6BrF2NO2. The topological polar surface area (TPSA) is 53.1 Å². The highest BCUT2D eigenvalue weighted by Gasteiger charge is 2.18. The summed E-state index contributed by atoms with van der Waals surface area (Å²) in [7, 11) is 0. The standard InChI is InChI=1S/C7H6BrF2NO2/c8-4-1-11-7(13)5(6(9)10)3(4)2-12/h1,6,12H,2H2,(H,11,13). The Labute approximate surface area is 80.5 Å². The zero-order chi connectivity index (χ0) is 10.0. The second kappa shape index (κ2) is 3.97. The molecule has 0 fully saturated rings. The predicted molar refractivity (Wildman–Crippen MR) is 45.6 cm³/mol. The lowest BCUT2D eigenvalue weighted by molar-refractivity contribution is 0.145. The number of aliphatic hydroxyl groups excluding tert-OH is 1. The molecule has 3 nitrogen and oxygen atoms in total. The van der Waals surface area contributed by atoms with Crippen molar-refractivity contribution in [3.05, 3.63) is 32.2 Å². The van der Waals surface area contributed by atoms with Gasteiger partial charge in [-0.25, -0.2) is 8.78 Å². The van der Waals surface area contributed by atoms with Crippen LogP contribution in [0.4, 0.5) is 8.78 Å². The average molecular weight is 254 g/mol. The van der Waals surface area contributed by atoms with Crippen molar-refractivity contribution < 1.29 is 13.9 Å². The van der Waals surface area contributed by atoms with Gasteiger partial charge in [0.05, 0.1) is 12.2 Å². The summed E-state index contributed by atoms with van der Waals surface area (Å²) in [6, 6.07) is 0. The number of pyridine rings is 1. The van der Waals surface area contributed by atoms with Gasteiger partial charge in [-0.2, -0.15) is 0 Å². The summed E-state index contributed by atoms with van der Waals surface area (Å²) in [5.74, 6) is 0. The summed E-state index contributed by atoms with van der Waals surface area (Å²) in [6.07, 6.45) is -1.66. The van der Waals surface area contributed by atoms with Gasteiger partial charge in [0, 0.05) is 16.2 Å². The van der Waals surface area contributed by atoms with E-state index in [9.17, 15) is 13.6 Å². The van der Waals surface area contributed by atoms with E-state index in [0.717, 1.165) is 0 Å². The molecule has 0 unspecified atom stereocenters. The Bertz CT molecular complexity index is 364. The Morgan fingerprint density at radius 2 is 2.23 bits per heavy atom. The summed E-state index contributed by atoms with van der Waals surface area (Å²) in [5, 5.41) is 8.76. The van der Waals surface area contributed by atoms with Crippen LogP contribution in [0.1, 0.15) is 17.6 Å². The van der Waals surface area contributed by atoms with Crippen LogP contribution in [0.2, 0.25) is 0 Å². The van der Waals surface area contributed by atoms with Crippen LogP contribution in [-0.2, 0) is 6.61 Å². The third-order valence-corrected chi connectivity index (χ3v) is 2.27. The minimum absolute atomic E-state index is 0.0706. The number of hydrogen-bond acceptors (Lipinski definition) is 2. The highest BCUT2D eigenvalue weighted by Crippen LogP contribution is 2.24. The molecule has 1 heterocycles. The molecule has 2 N–H and O–H groups in total. The van der Waals surface area contributed by atoms with Crippen molar-refractivity contribution in [2.24, 2.45) is 0 Å². The van der Waals surface area contributed by atoms with E-state index in [2.05, 4.69) is 20.9 Å². The number of H-pyrrole nitrogens is 1. The Balaban J connectivity index is 3.44. The van der Waals surface area contributed by atoms with E-state index in [1.54, 1.807) is 0 Å². The van der Waals surface area contributed by atoms with Gasteiger partial charge in [-0.3, -0.25) is 4.79 Å². The quantitative estimate of drug-likeness (QED) is 0.841. The Kier molecular flexibility index (Phi) is 3.16. The molecule has 0 spiro atoms. The lowest BCUT2D eigenvalue weighted by Gasteiger charge is -2.06. The lowest BCUT2D eigenvalue weighted by Crippen LogP contribution is -2.16. The molecule has 0 bridgehead atoms. The monoisotopic (exact) mass is 253 g/mol. The van der Waals surface area contributed by atoms with Crippen molar-refractivity contribution in [3.63, 3.8) is 0 Å². The molecular weight excluding hydrogens is 248 g/mol. The number of nitrogens with one attached hydrogen (secondary N) is 1. The minimum Gasteiger partial charge on any atom is -0.392 e. The number of aliphatic hydroxyl groups is 1. The molecule has 0 saturated heterocycles. The second-order valence-corrected chi connectivity index (χ2v) is 3.17. The van der Waals surface area contributed by atoms with E-state index in [-0.39, 0.29) is 10.0 Å².